The molecule has 1 saturated carbocycles. The zero-order chi connectivity index (χ0) is 16.4. The van der Waals surface area contributed by atoms with E-state index in [9.17, 15) is 9.59 Å². The maximum atomic E-state index is 11.8. The Morgan fingerprint density at radius 2 is 1.91 bits per heavy atom. The van der Waals surface area contributed by atoms with Gasteiger partial charge in [-0.15, -0.1) is 0 Å². The van der Waals surface area contributed by atoms with E-state index >= 15 is 0 Å². The molecule has 0 aromatic carbocycles. The van der Waals surface area contributed by atoms with Crippen molar-refractivity contribution in [1.29, 1.82) is 0 Å². The second-order valence-corrected chi connectivity index (χ2v) is 6.34. The van der Waals surface area contributed by atoms with Crippen molar-refractivity contribution in [3.63, 3.8) is 0 Å². The first-order chi connectivity index (χ1) is 11.1. The Morgan fingerprint density at radius 3 is 2.48 bits per heavy atom. The normalized spacial score (nSPS) is 18.6. The highest BCUT2D eigenvalue weighted by atomic mass is 16.5. The zero-order valence-electron chi connectivity index (χ0n) is 13.7. The summed E-state index contributed by atoms with van der Waals surface area (Å²) in [5, 5.41) is 3.15. The molecular formula is C17H23N3O3. The van der Waals surface area contributed by atoms with Gasteiger partial charge in [-0.1, -0.05) is 0 Å². The lowest BCUT2D eigenvalue weighted by Gasteiger charge is -2.33. The molecule has 1 aromatic rings. The topological polar surface area (TPSA) is 71.5 Å². The van der Waals surface area contributed by atoms with Crippen molar-refractivity contribution < 1.29 is 14.3 Å². The predicted molar refractivity (Wildman–Crippen MR) is 86.4 cm³/mol. The number of aromatic nitrogens is 1. The highest BCUT2D eigenvalue weighted by molar-refractivity contribution is 5.90. The van der Waals surface area contributed by atoms with E-state index in [0.717, 1.165) is 44.6 Å². The molecule has 23 heavy (non-hydrogen) atoms. The largest absolute Gasteiger partial charge is 0.465 e. The number of hydrogen-bond acceptors (Lipinski definition) is 5. The molecule has 6 nitrogen and oxygen atoms in total. The van der Waals surface area contributed by atoms with Crippen molar-refractivity contribution in [3.8, 4) is 0 Å². The number of nitrogens with zero attached hydrogens (tertiary/aromatic N) is 2. The first-order valence-electron chi connectivity index (χ1n) is 8.19. The van der Waals surface area contributed by atoms with Gasteiger partial charge in [0.1, 0.15) is 5.82 Å². The van der Waals surface area contributed by atoms with Crippen LogP contribution < -0.4 is 10.2 Å². The Hall–Kier alpha value is -2.11. The molecule has 124 valence electrons. The van der Waals surface area contributed by atoms with Crippen LogP contribution in [-0.2, 0) is 9.53 Å². The molecule has 2 heterocycles. The summed E-state index contributed by atoms with van der Waals surface area (Å²) in [6.45, 7) is 3.54. The maximum absolute atomic E-state index is 11.8. The van der Waals surface area contributed by atoms with E-state index in [4.69, 9.17) is 4.74 Å². The summed E-state index contributed by atoms with van der Waals surface area (Å²) in [6.07, 6.45) is 3.94. The minimum Gasteiger partial charge on any atom is -0.465 e. The molecule has 1 aromatic heterocycles. The number of pyridine rings is 1. The van der Waals surface area contributed by atoms with Gasteiger partial charge in [0.15, 0.2) is 0 Å². The molecule has 0 radical (unpaired) electrons. The van der Waals surface area contributed by atoms with Gasteiger partial charge in [0.05, 0.1) is 18.4 Å². The molecule has 2 aliphatic rings. The number of anilines is 1. The molecule has 1 aliphatic heterocycles. The van der Waals surface area contributed by atoms with Gasteiger partial charge >= 0.3 is 5.97 Å². The van der Waals surface area contributed by atoms with Crippen LogP contribution >= 0.6 is 0 Å². The number of carbonyl (C=O) groups excluding carboxylic acids is 2. The maximum Gasteiger partial charge on any atom is 0.339 e. The van der Waals surface area contributed by atoms with Crippen molar-refractivity contribution in [2.75, 3.05) is 25.1 Å². The molecule has 1 aliphatic carbocycles. The average molecular weight is 317 g/mol. The Labute approximate surface area is 136 Å². The minimum absolute atomic E-state index is 0.222. The monoisotopic (exact) mass is 317 g/mol. The van der Waals surface area contributed by atoms with Crippen molar-refractivity contribution in [2.45, 2.75) is 38.6 Å². The summed E-state index contributed by atoms with van der Waals surface area (Å²) in [5.41, 5.74) is 1.18. The molecule has 0 bridgehead atoms. The second-order valence-electron chi connectivity index (χ2n) is 6.34. The molecule has 3 rings (SSSR count). The van der Waals surface area contributed by atoms with E-state index in [2.05, 4.69) is 15.2 Å². The van der Waals surface area contributed by atoms with Crippen LogP contribution in [0.25, 0.3) is 0 Å². The summed E-state index contributed by atoms with van der Waals surface area (Å²) in [6, 6.07) is 3.90. The lowest BCUT2D eigenvalue weighted by molar-refractivity contribution is -0.123. The molecule has 1 amide bonds. The van der Waals surface area contributed by atoms with Gasteiger partial charge in [-0.2, -0.15) is 0 Å². The fourth-order valence-corrected chi connectivity index (χ4v) is 2.97. The van der Waals surface area contributed by atoms with Crippen molar-refractivity contribution in [3.05, 3.63) is 23.4 Å². The lowest BCUT2D eigenvalue weighted by atomic mass is 10.0. The van der Waals surface area contributed by atoms with Crippen LogP contribution in [0, 0.1) is 12.8 Å². The van der Waals surface area contributed by atoms with Gasteiger partial charge in [-0.05, 0) is 44.7 Å². The lowest BCUT2D eigenvalue weighted by Crippen LogP contribution is -2.45. The molecule has 1 N–H and O–H groups in total. The number of amides is 1. The molecule has 6 heteroatoms. The van der Waals surface area contributed by atoms with Crippen LogP contribution in [-0.4, -0.2) is 43.1 Å². The van der Waals surface area contributed by atoms with E-state index in [1.807, 2.05) is 13.0 Å². The molecule has 0 atom stereocenters. The number of hydrogen-bond donors (Lipinski definition) is 1. The van der Waals surface area contributed by atoms with Crippen LogP contribution in [0.1, 0.15) is 41.7 Å². The molecule has 0 unspecified atom stereocenters. The van der Waals surface area contributed by atoms with Gasteiger partial charge in [0, 0.05) is 25.0 Å². The van der Waals surface area contributed by atoms with Crippen molar-refractivity contribution >= 4 is 17.7 Å². The first kappa shape index (κ1) is 15.8. The molecule has 2 fully saturated rings. The van der Waals surface area contributed by atoms with Gasteiger partial charge in [-0.25, -0.2) is 9.78 Å². The standard InChI is InChI=1S/C17H23N3O3/c1-11-14(17(22)23-2)5-6-15(18-11)20-9-7-13(8-10-20)19-16(21)12-3-4-12/h5-6,12-13H,3-4,7-10H2,1-2H3,(H,19,21). The van der Waals surface area contributed by atoms with Gasteiger partial charge in [0.2, 0.25) is 5.91 Å². The number of nitrogens with one attached hydrogen (secondary N) is 1. The summed E-state index contributed by atoms with van der Waals surface area (Å²) in [4.78, 5) is 30.2. The second kappa shape index (κ2) is 6.56. The van der Waals surface area contributed by atoms with Crippen LogP contribution in [0.5, 0.6) is 0 Å². The number of aryl methyl sites for hydroxylation is 1. The van der Waals surface area contributed by atoms with Crippen LogP contribution in [0.4, 0.5) is 5.82 Å². The number of rotatable bonds is 4. The van der Waals surface area contributed by atoms with Crippen LogP contribution in [0.3, 0.4) is 0 Å². The minimum atomic E-state index is -0.358. The van der Waals surface area contributed by atoms with Gasteiger partial charge < -0.3 is 15.0 Å². The van der Waals surface area contributed by atoms with Gasteiger partial charge in [-0.3, -0.25) is 4.79 Å². The van der Waals surface area contributed by atoms with E-state index in [1.165, 1.54) is 7.11 Å². The van der Waals surface area contributed by atoms with Crippen molar-refractivity contribution in [1.82, 2.24) is 10.3 Å². The van der Waals surface area contributed by atoms with Gasteiger partial charge in [0.25, 0.3) is 0 Å². The average Bonchev–Trinajstić information content (AvgIpc) is 3.40. The third kappa shape index (κ3) is 3.63. The Morgan fingerprint density at radius 1 is 1.22 bits per heavy atom. The summed E-state index contributed by atoms with van der Waals surface area (Å²) < 4.78 is 4.75. The number of piperidine rings is 1. The van der Waals surface area contributed by atoms with E-state index in [-0.39, 0.29) is 23.8 Å². The highest BCUT2D eigenvalue weighted by Gasteiger charge is 2.31. The third-order valence-electron chi connectivity index (χ3n) is 4.59. The first-order valence-corrected chi connectivity index (χ1v) is 8.19. The number of methoxy groups -OCH3 is 1. The van der Waals surface area contributed by atoms with E-state index in [1.54, 1.807) is 6.07 Å². The van der Waals surface area contributed by atoms with E-state index in [0.29, 0.717) is 11.3 Å². The fraction of sp³-hybridized carbons (Fsp3) is 0.588. The van der Waals surface area contributed by atoms with Crippen LogP contribution in [0.2, 0.25) is 0 Å². The van der Waals surface area contributed by atoms with Crippen LogP contribution in [0.15, 0.2) is 12.1 Å². The predicted octanol–water partition coefficient (Wildman–Crippen LogP) is 1.67. The highest BCUT2D eigenvalue weighted by Crippen LogP contribution is 2.29. The third-order valence-corrected chi connectivity index (χ3v) is 4.59. The number of carbonyl (C=O) groups is 2. The molecular weight excluding hydrogens is 294 g/mol. The summed E-state index contributed by atoms with van der Waals surface area (Å²) in [5.74, 6) is 1.01. The Kier molecular flexibility index (Phi) is 4.50. The fourth-order valence-electron chi connectivity index (χ4n) is 2.97. The number of esters is 1. The zero-order valence-corrected chi connectivity index (χ0v) is 13.7. The summed E-state index contributed by atoms with van der Waals surface area (Å²) in [7, 11) is 1.37. The molecule has 0 spiro atoms. The Balaban J connectivity index is 1.57. The Bertz CT molecular complexity index is 605. The van der Waals surface area contributed by atoms with E-state index < -0.39 is 0 Å². The SMILES string of the molecule is COC(=O)c1ccc(N2CCC(NC(=O)C3CC3)CC2)nc1C. The number of ether oxygens (including phenoxy) is 1. The van der Waals surface area contributed by atoms with Crippen molar-refractivity contribution in [2.24, 2.45) is 5.92 Å². The molecule has 1 saturated heterocycles. The quantitative estimate of drug-likeness (QED) is 0.855. The smallest absolute Gasteiger partial charge is 0.339 e. The summed E-state index contributed by atoms with van der Waals surface area (Å²) >= 11 is 0.